The van der Waals surface area contributed by atoms with E-state index in [1.165, 1.54) is 24.1 Å². The van der Waals surface area contributed by atoms with E-state index in [0.717, 1.165) is 5.56 Å². The summed E-state index contributed by atoms with van der Waals surface area (Å²) >= 11 is 0. The fraction of sp³-hybridized carbons (Fsp3) is 0.433. The molecule has 0 saturated heterocycles. The van der Waals surface area contributed by atoms with Crippen molar-refractivity contribution in [3.05, 3.63) is 81.2 Å². The monoisotopic (exact) mass is 569 g/mol. The molecule has 0 radical (unpaired) electrons. The summed E-state index contributed by atoms with van der Waals surface area (Å²) in [6.07, 6.45) is 0.330. The molecule has 0 unspecified atom stereocenters. The Morgan fingerprint density at radius 3 is 2.17 bits per heavy atom. The molecule has 0 saturated carbocycles. The highest BCUT2D eigenvalue weighted by Gasteiger charge is 2.34. The number of nitrogens with zero attached hydrogens (tertiary/aromatic N) is 1. The van der Waals surface area contributed by atoms with Gasteiger partial charge in [-0.25, -0.2) is 9.18 Å². The second-order valence-corrected chi connectivity index (χ2v) is 11.8. The molecular weight excluding hydrogens is 529 g/mol. The number of amides is 2. The number of benzene rings is 2. The minimum Gasteiger partial charge on any atom is -0.508 e. The first-order valence-electron chi connectivity index (χ1n) is 13.5. The molecule has 1 heterocycles. The van der Waals surface area contributed by atoms with Crippen molar-refractivity contribution in [1.82, 2.24) is 20.2 Å². The number of hydrogen-bond acceptors (Lipinski definition) is 6. The highest BCUT2D eigenvalue weighted by atomic mass is 19.1. The molecule has 10 nitrogen and oxygen atoms in total. The molecule has 3 aromatic rings. The van der Waals surface area contributed by atoms with Crippen LogP contribution in [0.5, 0.6) is 11.6 Å². The summed E-state index contributed by atoms with van der Waals surface area (Å²) in [7, 11) is 1.50. The van der Waals surface area contributed by atoms with Gasteiger partial charge in [0.25, 0.3) is 0 Å². The molecular formula is C30H40FN5O5. The molecule has 0 fully saturated rings. The number of aromatic amines is 2. The fourth-order valence-electron chi connectivity index (χ4n) is 4.95. The van der Waals surface area contributed by atoms with Gasteiger partial charge in [-0.05, 0) is 59.1 Å². The van der Waals surface area contributed by atoms with Crippen molar-refractivity contribution in [3.8, 4) is 11.6 Å². The van der Waals surface area contributed by atoms with Gasteiger partial charge in [0.05, 0.1) is 12.1 Å². The molecule has 0 aliphatic carbocycles. The lowest BCUT2D eigenvalue weighted by atomic mass is 9.84. The van der Waals surface area contributed by atoms with Gasteiger partial charge in [0.2, 0.25) is 17.7 Å². The Balaban J connectivity index is 1.87. The molecule has 2 amide bonds. The predicted octanol–water partition coefficient (Wildman–Crippen LogP) is 3.00. The Labute approximate surface area is 238 Å². The second kappa shape index (κ2) is 12.6. The van der Waals surface area contributed by atoms with Crippen molar-refractivity contribution >= 4 is 11.8 Å². The molecule has 0 spiro atoms. The Hall–Kier alpha value is -4.12. The third-order valence-corrected chi connectivity index (χ3v) is 7.06. The van der Waals surface area contributed by atoms with Crippen molar-refractivity contribution in [2.75, 3.05) is 7.05 Å². The smallest absolute Gasteiger partial charge is 0.326 e. The van der Waals surface area contributed by atoms with Crippen LogP contribution in [-0.4, -0.2) is 56.0 Å². The van der Waals surface area contributed by atoms with Gasteiger partial charge in [-0.15, -0.1) is 0 Å². The number of imidazole rings is 1. The number of aromatic hydroxyl groups is 2. The molecule has 0 aliphatic rings. The number of aromatic nitrogens is 2. The van der Waals surface area contributed by atoms with Crippen molar-refractivity contribution < 1.29 is 24.2 Å². The Kier molecular flexibility index (Phi) is 9.65. The molecule has 2 aromatic carbocycles. The minimum atomic E-state index is -0.965. The van der Waals surface area contributed by atoms with E-state index >= 15 is 0 Å². The maximum absolute atomic E-state index is 13.7. The number of halogens is 1. The van der Waals surface area contributed by atoms with Crippen LogP contribution in [0.25, 0.3) is 0 Å². The van der Waals surface area contributed by atoms with E-state index in [1.54, 1.807) is 38.1 Å². The van der Waals surface area contributed by atoms with Crippen LogP contribution in [0.4, 0.5) is 4.39 Å². The third kappa shape index (κ3) is 7.75. The molecule has 3 atom stereocenters. The van der Waals surface area contributed by atoms with E-state index in [-0.39, 0.29) is 35.6 Å². The molecule has 41 heavy (non-hydrogen) atoms. The average Bonchev–Trinajstić information content (AvgIpc) is 3.22. The molecule has 222 valence electrons. The van der Waals surface area contributed by atoms with Gasteiger partial charge in [-0.3, -0.25) is 14.6 Å². The van der Waals surface area contributed by atoms with E-state index in [9.17, 15) is 29.0 Å². The summed E-state index contributed by atoms with van der Waals surface area (Å²) in [4.78, 5) is 45.0. The van der Waals surface area contributed by atoms with Crippen LogP contribution in [0.1, 0.15) is 63.0 Å². The Bertz CT molecular complexity index is 1420. The predicted molar refractivity (Wildman–Crippen MR) is 154 cm³/mol. The number of phenolic OH excluding ortho intramolecular Hbond substituents is 1. The van der Waals surface area contributed by atoms with Gasteiger partial charge < -0.3 is 31.1 Å². The zero-order valence-electron chi connectivity index (χ0n) is 24.3. The highest BCUT2D eigenvalue weighted by Crippen LogP contribution is 2.33. The lowest BCUT2D eigenvalue weighted by Crippen LogP contribution is -2.55. The zero-order valence-corrected chi connectivity index (χ0v) is 24.3. The van der Waals surface area contributed by atoms with Crippen LogP contribution in [0, 0.1) is 11.7 Å². The molecule has 7 N–H and O–H groups in total. The van der Waals surface area contributed by atoms with Crippen LogP contribution < -0.4 is 16.7 Å². The maximum Gasteiger partial charge on any atom is 0.326 e. The minimum absolute atomic E-state index is 0.0817. The zero-order chi connectivity index (χ0) is 30.6. The van der Waals surface area contributed by atoms with Crippen LogP contribution in [0.15, 0.2) is 47.3 Å². The molecule has 0 aliphatic heterocycles. The molecule has 11 heteroatoms. The normalized spacial score (nSPS) is 14.0. The van der Waals surface area contributed by atoms with Crippen molar-refractivity contribution in [1.29, 1.82) is 0 Å². The quantitative estimate of drug-likeness (QED) is 0.220. The largest absolute Gasteiger partial charge is 0.508 e. The second-order valence-electron chi connectivity index (χ2n) is 11.8. The van der Waals surface area contributed by atoms with Crippen LogP contribution in [-0.2, 0) is 27.8 Å². The Morgan fingerprint density at radius 1 is 1.02 bits per heavy atom. The first-order valence-corrected chi connectivity index (χ1v) is 13.5. The summed E-state index contributed by atoms with van der Waals surface area (Å²) in [5.41, 5.74) is 7.40. The number of nitrogens with two attached hydrogens (primary N) is 1. The number of likely N-dealkylation sites (N-methyl/N-ethyl adjacent to an activating group) is 1. The lowest BCUT2D eigenvalue weighted by molar-refractivity contribution is -0.141. The Morgan fingerprint density at radius 2 is 1.63 bits per heavy atom. The number of H-pyrrole nitrogens is 2. The van der Waals surface area contributed by atoms with Gasteiger partial charge in [0.1, 0.15) is 23.3 Å². The fourth-order valence-corrected chi connectivity index (χ4v) is 4.95. The SMILES string of the molecule is CC(C)[C@@H](C(=O)N[C@@H](Cc1ccc(O)c(C(C)(C)C)c1)c1[nH]c(=O)[nH]c1O)N(C)C(=O)[C@@H](N)Cc1ccc(F)cc1. The van der Waals surface area contributed by atoms with Crippen molar-refractivity contribution in [2.24, 2.45) is 11.7 Å². The first-order chi connectivity index (χ1) is 19.1. The van der Waals surface area contributed by atoms with Crippen LogP contribution in [0.2, 0.25) is 0 Å². The summed E-state index contributed by atoms with van der Waals surface area (Å²) < 4.78 is 13.3. The van der Waals surface area contributed by atoms with Gasteiger partial charge in [0.15, 0.2) is 0 Å². The highest BCUT2D eigenvalue weighted by molar-refractivity contribution is 5.90. The topological polar surface area (TPSA) is 165 Å². The van der Waals surface area contributed by atoms with E-state index < -0.39 is 47.3 Å². The average molecular weight is 570 g/mol. The molecule has 3 rings (SSSR count). The number of carbonyl (C=O) groups excluding carboxylic acids is 2. The molecule has 1 aromatic heterocycles. The van der Waals surface area contributed by atoms with Gasteiger partial charge >= 0.3 is 5.69 Å². The van der Waals surface area contributed by atoms with E-state index in [0.29, 0.717) is 11.1 Å². The number of carbonyl (C=O) groups is 2. The van der Waals surface area contributed by atoms with Crippen LogP contribution in [0.3, 0.4) is 0 Å². The van der Waals surface area contributed by atoms with Crippen molar-refractivity contribution in [2.45, 2.75) is 71.0 Å². The summed E-state index contributed by atoms with van der Waals surface area (Å²) in [5, 5.41) is 23.7. The maximum atomic E-state index is 13.7. The first kappa shape index (κ1) is 31.4. The van der Waals surface area contributed by atoms with E-state index in [2.05, 4.69) is 15.3 Å². The number of hydrogen-bond donors (Lipinski definition) is 6. The number of nitrogens with one attached hydrogen (secondary N) is 3. The van der Waals surface area contributed by atoms with Crippen molar-refractivity contribution in [3.63, 3.8) is 0 Å². The lowest BCUT2D eigenvalue weighted by Gasteiger charge is -2.33. The summed E-state index contributed by atoms with van der Waals surface area (Å²) in [6.45, 7) is 9.46. The van der Waals surface area contributed by atoms with Gasteiger partial charge in [-0.1, -0.05) is 58.9 Å². The van der Waals surface area contributed by atoms with Gasteiger partial charge in [0, 0.05) is 7.05 Å². The summed E-state index contributed by atoms with van der Waals surface area (Å²) in [5.74, 6) is -1.97. The molecule has 0 bridgehead atoms. The third-order valence-electron chi connectivity index (χ3n) is 7.06. The number of rotatable bonds is 10. The number of phenols is 1. The van der Waals surface area contributed by atoms with E-state index in [4.69, 9.17) is 5.73 Å². The van der Waals surface area contributed by atoms with Crippen LogP contribution >= 0.6 is 0 Å². The standard InChI is InChI=1S/C30H40FN5O5/c1-16(2)25(36(6)28(40)21(32)14-17-7-10-19(31)11-8-17)27(39)33-22(24-26(38)35-29(41)34-24)15-18-9-12-23(37)20(13-18)30(3,4)5/h7-13,16,21-22,25,37-38H,14-15,32H2,1-6H3,(H,33,39)(H2,34,35,41)/t21-,22-,25-/m0/s1. The summed E-state index contributed by atoms with van der Waals surface area (Å²) in [6, 6.07) is 8.01. The van der Waals surface area contributed by atoms with E-state index in [1.807, 2.05) is 26.8 Å². The van der Waals surface area contributed by atoms with Gasteiger partial charge in [-0.2, -0.15) is 0 Å².